The third kappa shape index (κ3) is 4.05. The Morgan fingerprint density at radius 1 is 1.40 bits per heavy atom. The minimum Gasteiger partial charge on any atom is -0.329 e. The average Bonchev–Trinajstić information content (AvgIpc) is 2.36. The molecular weight excluding hydrogens is 319 g/mol. The van der Waals surface area contributed by atoms with E-state index in [0.717, 1.165) is 10.4 Å². The van der Waals surface area contributed by atoms with E-state index in [-0.39, 0.29) is 23.8 Å². The molecule has 1 rings (SSSR count). The monoisotopic (exact) mass is 333 g/mol. The van der Waals surface area contributed by atoms with E-state index >= 15 is 0 Å². The van der Waals surface area contributed by atoms with Crippen molar-refractivity contribution in [1.82, 2.24) is 9.29 Å². The van der Waals surface area contributed by atoms with E-state index < -0.39 is 27.9 Å². The van der Waals surface area contributed by atoms with Crippen LogP contribution in [-0.4, -0.2) is 37.3 Å². The number of sulfonamides is 1. The first-order chi connectivity index (χ1) is 8.60. The summed E-state index contributed by atoms with van der Waals surface area (Å²) < 4.78 is 62.0. The van der Waals surface area contributed by atoms with Crippen LogP contribution in [0.3, 0.4) is 0 Å². The Labute approximate surface area is 121 Å². The van der Waals surface area contributed by atoms with Gasteiger partial charge in [0, 0.05) is 25.8 Å². The van der Waals surface area contributed by atoms with Crippen LogP contribution in [0.4, 0.5) is 13.2 Å². The van der Waals surface area contributed by atoms with Crippen molar-refractivity contribution in [3.8, 4) is 0 Å². The average molecular weight is 334 g/mol. The molecule has 0 radical (unpaired) electrons. The third-order valence-electron chi connectivity index (χ3n) is 2.67. The van der Waals surface area contributed by atoms with Crippen molar-refractivity contribution in [2.45, 2.75) is 24.0 Å². The van der Waals surface area contributed by atoms with Crippen molar-refractivity contribution in [3.05, 3.63) is 24.0 Å². The first-order valence-electron chi connectivity index (χ1n) is 5.32. The van der Waals surface area contributed by atoms with Crippen molar-refractivity contribution in [2.24, 2.45) is 5.73 Å². The van der Waals surface area contributed by atoms with Gasteiger partial charge in [0.15, 0.2) is 0 Å². The lowest BCUT2D eigenvalue weighted by Gasteiger charge is -2.22. The Balaban J connectivity index is 0.00000361. The molecular formula is C10H15ClF3N3O2S. The minimum atomic E-state index is -4.60. The summed E-state index contributed by atoms with van der Waals surface area (Å²) in [6.07, 6.45) is -3.91. The lowest BCUT2D eigenvalue weighted by atomic mass is 10.3. The van der Waals surface area contributed by atoms with Gasteiger partial charge in [0.1, 0.15) is 10.6 Å². The van der Waals surface area contributed by atoms with E-state index in [2.05, 4.69) is 4.98 Å². The van der Waals surface area contributed by atoms with E-state index in [4.69, 9.17) is 5.73 Å². The summed E-state index contributed by atoms with van der Waals surface area (Å²) in [6.45, 7) is 1.69. The van der Waals surface area contributed by atoms with Crippen molar-refractivity contribution >= 4 is 22.4 Å². The summed E-state index contributed by atoms with van der Waals surface area (Å²) in [7, 11) is -2.58. The maximum Gasteiger partial charge on any atom is 0.433 e. The number of nitrogens with zero attached hydrogens (tertiary/aromatic N) is 2. The number of pyridine rings is 1. The Hall–Kier alpha value is -0.900. The number of hydrogen-bond donors (Lipinski definition) is 1. The fraction of sp³-hybridized carbons (Fsp3) is 0.500. The number of nitrogens with two attached hydrogens (primary N) is 1. The molecule has 20 heavy (non-hydrogen) atoms. The van der Waals surface area contributed by atoms with Gasteiger partial charge in [-0.3, -0.25) is 4.98 Å². The topological polar surface area (TPSA) is 76.3 Å². The predicted octanol–water partition coefficient (Wildman–Crippen LogP) is 1.49. The van der Waals surface area contributed by atoms with Gasteiger partial charge in [-0.2, -0.15) is 17.5 Å². The summed E-state index contributed by atoms with van der Waals surface area (Å²) in [5, 5.41) is 0. The minimum absolute atomic E-state index is 0. The molecule has 0 aliphatic carbocycles. The molecule has 116 valence electrons. The lowest BCUT2D eigenvalue weighted by molar-refractivity contribution is -0.141. The number of rotatable bonds is 4. The molecule has 10 heteroatoms. The molecule has 1 aromatic rings. The Bertz CT molecular complexity index is 534. The van der Waals surface area contributed by atoms with E-state index in [1.165, 1.54) is 7.05 Å². The summed E-state index contributed by atoms with van der Waals surface area (Å²) >= 11 is 0. The zero-order valence-corrected chi connectivity index (χ0v) is 12.4. The van der Waals surface area contributed by atoms with E-state index in [9.17, 15) is 21.6 Å². The second kappa shape index (κ2) is 6.70. The summed E-state index contributed by atoms with van der Waals surface area (Å²) in [5.41, 5.74) is 4.22. The molecule has 0 aliphatic heterocycles. The van der Waals surface area contributed by atoms with Crippen LogP contribution < -0.4 is 5.73 Å². The molecule has 1 unspecified atom stereocenters. The van der Waals surface area contributed by atoms with Crippen LogP contribution in [0.1, 0.15) is 12.6 Å². The third-order valence-corrected chi connectivity index (χ3v) is 4.62. The Morgan fingerprint density at radius 3 is 2.30 bits per heavy atom. The highest BCUT2D eigenvalue weighted by molar-refractivity contribution is 7.89. The van der Waals surface area contributed by atoms with Gasteiger partial charge in [-0.15, -0.1) is 12.4 Å². The maximum atomic E-state index is 12.3. The molecule has 2 N–H and O–H groups in total. The fourth-order valence-electron chi connectivity index (χ4n) is 1.25. The highest BCUT2D eigenvalue weighted by Crippen LogP contribution is 2.28. The van der Waals surface area contributed by atoms with Gasteiger partial charge in [0.2, 0.25) is 10.0 Å². The number of alkyl halides is 3. The van der Waals surface area contributed by atoms with E-state index in [0.29, 0.717) is 12.3 Å². The molecule has 0 saturated carbocycles. The lowest BCUT2D eigenvalue weighted by Crippen LogP contribution is -2.39. The Kier molecular flexibility index (Phi) is 6.40. The van der Waals surface area contributed by atoms with Crippen LogP contribution in [0.2, 0.25) is 0 Å². The molecule has 0 amide bonds. The van der Waals surface area contributed by atoms with Gasteiger partial charge in [0.05, 0.1) is 0 Å². The predicted molar refractivity (Wildman–Crippen MR) is 70.0 cm³/mol. The molecule has 1 heterocycles. The van der Waals surface area contributed by atoms with Gasteiger partial charge in [-0.1, -0.05) is 0 Å². The normalized spacial score (nSPS) is 13.9. The van der Waals surface area contributed by atoms with Crippen LogP contribution in [-0.2, 0) is 16.2 Å². The first kappa shape index (κ1) is 19.1. The maximum absolute atomic E-state index is 12.3. The van der Waals surface area contributed by atoms with Crippen LogP contribution in [0.15, 0.2) is 23.2 Å². The van der Waals surface area contributed by atoms with Crippen LogP contribution in [0.25, 0.3) is 0 Å². The number of halogens is 4. The first-order valence-corrected chi connectivity index (χ1v) is 6.76. The van der Waals surface area contributed by atoms with E-state index in [1.807, 2.05) is 0 Å². The van der Waals surface area contributed by atoms with Crippen molar-refractivity contribution in [1.29, 1.82) is 0 Å². The van der Waals surface area contributed by atoms with E-state index in [1.54, 1.807) is 6.92 Å². The fourth-order valence-corrected chi connectivity index (χ4v) is 2.57. The second-order valence-corrected chi connectivity index (χ2v) is 5.98. The molecule has 0 saturated heterocycles. The zero-order chi connectivity index (χ0) is 14.8. The molecule has 0 aromatic carbocycles. The second-order valence-electron chi connectivity index (χ2n) is 3.98. The molecule has 0 bridgehead atoms. The number of aromatic nitrogens is 1. The SMILES string of the molecule is CC(CN)N(C)S(=O)(=O)c1ccc(C(F)(F)F)nc1.Cl. The van der Waals surface area contributed by atoms with Crippen molar-refractivity contribution in [3.63, 3.8) is 0 Å². The van der Waals surface area contributed by atoms with Crippen LogP contribution in [0, 0.1) is 0 Å². The molecule has 1 atom stereocenters. The largest absolute Gasteiger partial charge is 0.433 e. The van der Waals surface area contributed by atoms with Gasteiger partial charge in [-0.25, -0.2) is 8.42 Å². The van der Waals surface area contributed by atoms with Gasteiger partial charge >= 0.3 is 6.18 Å². The summed E-state index contributed by atoms with van der Waals surface area (Å²) in [6, 6.07) is 1.05. The van der Waals surface area contributed by atoms with Crippen molar-refractivity contribution in [2.75, 3.05) is 13.6 Å². The molecule has 1 aromatic heterocycles. The zero-order valence-electron chi connectivity index (χ0n) is 10.8. The highest BCUT2D eigenvalue weighted by Gasteiger charge is 2.33. The number of hydrogen-bond acceptors (Lipinski definition) is 4. The quantitative estimate of drug-likeness (QED) is 0.905. The van der Waals surface area contributed by atoms with Crippen LogP contribution >= 0.6 is 12.4 Å². The smallest absolute Gasteiger partial charge is 0.329 e. The van der Waals surface area contributed by atoms with Gasteiger partial charge in [-0.05, 0) is 19.1 Å². The van der Waals surface area contributed by atoms with Crippen LogP contribution in [0.5, 0.6) is 0 Å². The standard InChI is InChI=1S/C10H14F3N3O2S.ClH/c1-7(5-14)16(2)19(17,18)8-3-4-9(15-6-8)10(11,12)13;/h3-4,6-7H,5,14H2,1-2H3;1H. The molecule has 0 spiro atoms. The molecule has 0 fully saturated rings. The van der Waals surface area contributed by atoms with Gasteiger partial charge < -0.3 is 5.73 Å². The Morgan fingerprint density at radius 2 is 1.95 bits per heavy atom. The summed E-state index contributed by atoms with van der Waals surface area (Å²) in [4.78, 5) is 2.82. The van der Waals surface area contributed by atoms with Gasteiger partial charge in [0.25, 0.3) is 0 Å². The van der Waals surface area contributed by atoms with Crippen molar-refractivity contribution < 1.29 is 21.6 Å². The molecule has 5 nitrogen and oxygen atoms in total. The summed E-state index contributed by atoms with van der Waals surface area (Å²) in [5.74, 6) is 0. The number of likely N-dealkylation sites (N-methyl/N-ethyl adjacent to an activating group) is 1. The highest BCUT2D eigenvalue weighted by atomic mass is 35.5. The molecule has 0 aliphatic rings.